The first kappa shape index (κ1) is 24.8. The highest BCUT2D eigenvalue weighted by Gasteiger charge is 2.24. The molecule has 9 heteroatoms. The fourth-order valence-electron chi connectivity index (χ4n) is 3.12. The van der Waals surface area contributed by atoms with Crippen LogP contribution in [0.25, 0.3) is 11.5 Å². The van der Waals surface area contributed by atoms with Gasteiger partial charge in [0.05, 0.1) is 28.1 Å². The van der Waals surface area contributed by atoms with Gasteiger partial charge in [0.25, 0.3) is 0 Å². The number of aryl methyl sites for hydroxylation is 1. The van der Waals surface area contributed by atoms with Crippen LogP contribution < -0.4 is 5.32 Å². The molecule has 2 amide bonds. The van der Waals surface area contributed by atoms with Crippen molar-refractivity contribution in [3.8, 4) is 11.5 Å². The van der Waals surface area contributed by atoms with Crippen molar-refractivity contribution in [1.82, 2.24) is 15.1 Å². The molecule has 33 heavy (non-hydrogen) atoms. The summed E-state index contributed by atoms with van der Waals surface area (Å²) in [6, 6.07) is 14.8. The van der Waals surface area contributed by atoms with Crippen molar-refractivity contribution in [2.24, 2.45) is 0 Å². The molecule has 0 saturated heterocycles. The Morgan fingerprint density at radius 1 is 1.15 bits per heavy atom. The quantitative estimate of drug-likeness (QED) is 0.424. The smallest absolute Gasteiger partial charge is 0.249 e. The van der Waals surface area contributed by atoms with Crippen LogP contribution in [-0.2, 0) is 16.1 Å². The Kier molecular flexibility index (Phi) is 8.91. The SMILES string of the molecule is CCCN(Cc1nnc(-c2ccccc2Cl)o1)C(=O)C(C)SCC(=O)Nc1ccc(C)cc1. The molecule has 3 rings (SSSR count). The minimum absolute atomic E-state index is 0.0810. The number of amides is 2. The fourth-order valence-corrected chi connectivity index (χ4v) is 4.11. The highest BCUT2D eigenvalue weighted by Crippen LogP contribution is 2.26. The van der Waals surface area contributed by atoms with Gasteiger partial charge in [-0.3, -0.25) is 9.59 Å². The monoisotopic (exact) mass is 486 g/mol. The van der Waals surface area contributed by atoms with E-state index in [9.17, 15) is 9.59 Å². The number of nitrogens with zero attached hydrogens (tertiary/aromatic N) is 3. The lowest BCUT2D eigenvalue weighted by atomic mass is 10.2. The van der Waals surface area contributed by atoms with Crippen molar-refractivity contribution in [3.05, 3.63) is 65.0 Å². The Labute approximate surface area is 202 Å². The molecular weight excluding hydrogens is 460 g/mol. The van der Waals surface area contributed by atoms with Gasteiger partial charge in [-0.25, -0.2) is 0 Å². The highest BCUT2D eigenvalue weighted by atomic mass is 35.5. The maximum absolute atomic E-state index is 13.0. The van der Waals surface area contributed by atoms with E-state index in [-0.39, 0.29) is 24.1 Å². The number of hydrogen-bond donors (Lipinski definition) is 1. The fraction of sp³-hybridized carbons (Fsp3) is 0.333. The van der Waals surface area contributed by atoms with Gasteiger partial charge in [0.15, 0.2) is 0 Å². The maximum Gasteiger partial charge on any atom is 0.249 e. The average Bonchev–Trinajstić information content (AvgIpc) is 3.27. The molecule has 0 saturated carbocycles. The van der Waals surface area contributed by atoms with E-state index in [1.54, 1.807) is 24.0 Å². The van der Waals surface area contributed by atoms with E-state index in [4.69, 9.17) is 16.0 Å². The summed E-state index contributed by atoms with van der Waals surface area (Å²) in [5, 5.41) is 11.1. The van der Waals surface area contributed by atoms with E-state index < -0.39 is 5.25 Å². The number of rotatable bonds is 10. The predicted molar refractivity (Wildman–Crippen MR) is 132 cm³/mol. The van der Waals surface area contributed by atoms with Crippen molar-refractivity contribution < 1.29 is 14.0 Å². The van der Waals surface area contributed by atoms with Gasteiger partial charge in [0.1, 0.15) is 0 Å². The van der Waals surface area contributed by atoms with E-state index in [1.165, 1.54) is 11.8 Å². The summed E-state index contributed by atoms with van der Waals surface area (Å²) in [6.45, 7) is 6.53. The van der Waals surface area contributed by atoms with E-state index in [2.05, 4.69) is 15.5 Å². The first-order valence-corrected chi connectivity index (χ1v) is 12.1. The molecule has 2 aromatic carbocycles. The Morgan fingerprint density at radius 3 is 2.58 bits per heavy atom. The van der Waals surface area contributed by atoms with Crippen LogP contribution in [-0.4, -0.2) is 44.5 Å². The topological polar surface area (TPSA) is 88.3 Å². The molecule has 1 aromatic heterocycles. The summed E-state index contributed by atoms with van der Waals surface area (Å²) in [5.74, 6) is 0.600. The van der Waals surface area contributed by atoms with Gasteiger partial charge in [-0.2, -0.15) is 0 Å². The van der Waals surface area contributed by atoms with Crippen LogP contribution in [0.2, 0.25) is 5.02 Å². The summed E-state index contributed by atoms with van der Waals surface area (Å²) in [6.07, 6.45) is 0.780. The molecule has 1 unspecified atom stereocenters. The lowest BCUT2D eigenvalue weighted by Crippen LogP contribution is -2.37. The van der Waals surface area contributed by atoms with Crippen LogP contribution >= 0.6 is 23.4 Å². The number of halogens is 1. The van der Waals surface area contributed by atoms with Crippen LogP contribution in [0.15, 0.2) is 52.9 Å². The van der Waals surface area contributed by atoms with Gasteiger partial charge in [0, 0.05) is 12.2 Å². The number of thioether (sulfide) groups is 1. The second-order valence-corrected chi connectivity index (χ2v) is 9.34. The third kappa shape index (κ3) is 7.07. The van der Waals surface area contributed by atoms with Gasteiger partial charge in [-0.1, -0.05) is 48.4 Å². The summed E-state index contributed by atoms with van der Waals surface area (Å²) in [4.78, 5) is 27.0. The standard InChI is InChI=1S/C24H27ClN4O3S/c1-4-13-29(14-22-27-28-23(32-22)19-7-5-6-8-20(19)25)24(31)17(3)33-15-21(30)26-18-11-9-16(2)10-12-18/h5-12,17H,4,13-15H2,1-3H3,(H,26,30). The molecule has 7 nitrogen and oxygen atoms in total. The summed E-state index contributed by atoms with van der Waals surface area (Å²) in [7, 11) is 0. The van der Waals surface area contributed by atoms with E-state index in [1.807, 2.05) is 50.2 Å². The van der Waals surface area contributed by atoms with Crippen LogP contribution in [0.1, 0.15) is 31.7 Å². The predicted octanol–water partition coefficient (Wildman–Crippen LogP) is 5.20. The second-order valence-electron chi connectivity index (χ2n) is 7.61. The molecule has 1 N–H and O–H groups in total. The van der Waals surface area contributed by atoms with Crippen molar-refractivity contribution >= 4 is 40.9 Å². The summed E-state index contributed by atoms with van der Waals surface area (Å²) < 4.78 is 5.76. The number of hydrogen-bond acceptors (Lipinski definition) is 6. The highest BCUT2D eigenvalue weighted by molar-refractivity contribution is 8.01. The van der Waals surface area contributed by atoms with E-state index in [0.29, 0.717) is 28.9 Å². The van der Waals surface area contributed by atoms with Crippen LogP contribution in [0, 0.1) is 6.92 Å². The number of benzene rings is 2. The first-order valence-electron chi connectivity index (χ1n) is 10.7. The summed E-state index contributed by atoms with van der Waals surface area (Å²) in [5.41, 5.74) is 2.51. The molecule has 174 valence electrons. The van der Waals surface area contributed by atoms with Crippen LogP contribution in [0.4, 0.5) is 5.69 Å². The third-order valence-electron chi connectivity index (χ3n) is 4.85. The molecular formula is C24H27ClN4O3S. The van der Waals surface area contributed by atoms with Crippen molar-refractivity contribution in [3.63, 3.8) is 0 Å². The lowest BCUT2D eigenvalue weighted by Gasteiger charge is -2.23. The van der Waals surface area contributed by atoms with Crippen molar-refractivity contribution in [2.75, 3.05) is 17.6 Å². The van der Waals surface area contributed by atoms with Crippen LogP contribution in [0.3, 0.4) is 0 Å². The minimum atomic E-state index is -0.397. The van der Waals surface area contributed by atoms with Crippen LogP contribution in [0.5, 0.6) is 0 Å². The number of nitrogens with one attached hydrogen (secondary N) is 1. The van der Waals surface area contributed by atoms with Gasteiger partial charge in [-0.05, 0) is 44.5 Å². The molecule has 0 aliphatic carbocycles. The largest absolute Gasteiger partial charge is 0.419 e. The van der Waals surface area contributed by atoms with Gasteiger partial charge >= 0.3 is 0 Å². The molecule has 0 radical (unpaired) electrons. The summed E-state index contributed by atoms with van der Waals surface area (Å²) >= 11 is 7.50. The first-order chi connectivity index (χ1) is 15.9. The number of carbonyl (C=O) groups is 2. The Hall–Kier alpha value is -2.84. The normalized spacial score (nSPS) is 11.8. The zero-order valence-corrected chi connectivity index (χ0v) is 20.4. The Balaban J connectivity index is 1.57. The average molecular weight is 487 g/mol. The molecule has 0 aliphatic heterocycles. The molecule has 1 heterocycles. The molecule has 0 fully saturated rings. The van der Waals surface area contributed by atoms with Crippen molar-refractivity contribution in [1.29, 1.82) is 0 Å². The Morgan fingerprint density at radius 2 is 1.88 bits per heavy atom. The molecule has 0 spiro atoms. The third-order valence-corrected chi connectivity index (χ3v) is 6.31. The van der Waals surface area contributed by atoms with Gasteiger partial charge < -0.3 is 14.6 Å². The zero-order chi connectivity index (χ0) is 23.8. The molecule has 0 aliphatic rings. The zero-order valence-electron chi connectivity index (χ0n) is 18.9. The van der Waals surface area contributed by atoms with Crippen molar-refractivity contribution in [2.45, 2.75) is 39.0 Å². The second kappa shape index (κ2) is 11.9. The van der Waals surface area contributed by atoms with Gasteiger partial charge in [0.2, 0.25) is 23.6 Å². The lowest BCUT2D eigenvalue weighted by molar-refractivity contribution is -0.131. The number of anilines is 1. The minimum Gasteiger partial charge on any atom is -0.419 e. The van der Waals surface area contributed by atoms with Gasteiger partial charge in [-0.15, -0.1) is 22.0 Å². The van der Waals surface area contributed by atoms with E-state index >= 15 is 0 Å². The number of carbonyl (C=O) groups excluding carboxylic acids is 2. The molecule has 3 aromatic rings. The molecule has 1 atom stereocenters. The maximum atomic E-state index is 13.0. The Bertz CT molecular complexity index is 1090. The van der Waals surface area contributed by atoms with E-state index in [0.717, 1.165) is 17.7 Å². The number of aromatic nitrogens is 2. The molecule has 0 bridgehead atoms.